The minimum absolute atomic E-state index is 0.00643. The van der Waals surface area contributed by atoms with Gasteiger partial charge in [0.2, 0.25) is 0 Å². The van der Waals surface area contributed by atoms with E-state index < -0.39 is 0 Å². The van der Waals surface area contributed by atoms with Gasteiger partial charge in [-0.15, -0.1) is 0 Å². The SMILES string of the molecule is Cn1nc2c(c1-c1ccccc1)CC1CCCC2N1C(=O)c1ccn(-c2ccccc2)n1. The molecular weight excluding hydrogens is 398 g/mol. The number of benzene rings is 2. The van der Waals surface area contributed by atoms with Crippen LogP contribution in [0, 0.1) is 0 Å². The predicted octanol–water partition coefficient (Wildman–Crippen LogP) is 4.56. The van der Waals surface area contributed by atoms with Gasteiger partial charge in [-0.3, -0.25) is 9.48 Å². The van der Waals surface area contributed by atoms with Crippen molar-refractivity contribution in [2.75, 3.05) is 0 Å². The normalized spacial score (nSPS) is 19.6. The van der Waals surface area contributed by atoms with Crippen LogP contribution in [0.25, 0.3) is 16.9 Å². The third-order valence-electron chi connectivity index (χ3n) is 6.79. The highest BCUT2D eigenvalue weighted by Gasteiger charge is 2.44. The van der Waals surface area contributed by atoms with Crippen LogP contribution in [0.5, 0.6) is 0 Å². The second-order valence-electron chi connectivity index (χ2n) is 8.70. The van der Waals surface area contributed by atoms with Gasteiger partial charge in [0.25, 0.3) is 5.91 Å². The average Bonchev–Trinajstić information content (AvgIpc) is 3.44. The van der Waals surface area contributed by atoms with Crippen molar-refractivity contribution in [1.29, 1.82) is 0 Å². The van der Waals surface area contributed by atoms with E-state index in [1.165, 1.54) is 16.8 Å². The molecule has 2 atom stereocenters. The molecule has 2 bridgehead atoms. The summed E-state index contributed by atoms with van der Waals surface area (Å²) < 4.78 is 3.76. The van der Waals surface area contributed by atoms with Crippen LogP contribution in [0.15, 0.2) is 72.9 Å². The second kappa shape index (κ2) is 7.48. The van der Waals surface area contributed by atoms with Gasteiger partial charge in [-0.05, 0) is 43.9 Å². The fraction of sp³-hybridized carbons (Fsp3) is 0.269. The first-order chi connectivity index (χ1) is 15.7. The van der Waals surface area contributed by atoms with Gasteiger partial charge in [-0.1, -0.05) is 48.5 Å². The molecule has 6 nitrogen and oxygen atoms in total. The van der Waals surface area contributed by atoms with Crippen LogP contribution >= 0.6 is 0 Å². The van der Waals surface area contributed by atoms with Crippen LogP contribution in [0.4, 0.5) is 0 Å². The molecule has 4 heterocycles. The number of aryl methyl sites for hydroxylation is 1. The third-order valence-corrected chi connectivity index (χ3v) is 6.79. The number of hydrogen-bond acceptors (Lipinski definition) is 3. The van der Waals surface area contributed by atoms with E-state index in [-0.39, 0.29) is 18.0 Å². The minimum atomic E-state index is 0.00643. The number of carbonyl (C=O) groups excluding carboxylic acids is 1. The molecule has 2 aromatic heterocycles. The molecule has 1 fully saturated rings. The fourth-order valence-electron chi connectivity index (χ4n) is 5.40. The van der Waals surface area contributed by atoms with Crippen LogP contribution in [0.3, 0.4) is 0 Å². The van der Waals surface area contributed by atoms with E-state index in [1.54, 1.807) is 4.68 Å². The molecule has 0 radical (unpaired) electrons. The van der Waals surface area contributed by atoms with E-state index in [0.717, 1.165) is 37.1 Å². The number of para-hydroxylation sites is 1. The summed E-state index contributed by atoms with van der Waals surface area (Å²) in [4.78, 5) is 15.7. The molecule has 0 spiro atoms. The molecule has 2 aliphatic heterocycles. The molecule has 6 heteroatoms. The van der Waals surface area contributed by atoms with Crippen molar-refractivity contribution in [3.05, 3.63) is 89.9 Å². The van der Waals surface area contributed by atoms with Gasteiger partial charge < -0.3 is 4.90 Å². The highest BCUT2D eigenvalue weighted by Crippen LogP contribution is 2.44. The smallest absolute Gasteiger partial charge is 0.275 e. The lowest BCUT2D eigenvalue weighted by Gasteiger charge is -2.45. The number of fused-ring (bicyclic) bond motifs is 4. The number of piperidine rings is 1. The van der Waals surface area contributed by atoms with Crippen LogP contribution in [0.1, 0.15) is 47.1 Å². The van der Waals surface area contributed by atoms with E-state index in [0.29, 0.717) is 5.69 Å². The summed E-state index contributed by atoms with van der Waals surface area (Å²) in [5.41, 5.74) is 6.16. The third kappa shape index (κ3) is 2.98. The number of nitrogens with zero attached hydrogens (tertiary/aromatic N) is 5. The zero-order valence-corrected chi connectivity index (χ0v) is 18.1. The first-order valence-electron chi connectivity index (χ1n) is 11.3. The maximum Gasteiger partial charge on any atom is 0.275 e. The lowest BCUT2D eigenvalue weighted by atomic mass is 9.81. The monoisotopic (exact) mass is 423 g/mol. The van der Waals surface area contributed by atoms with E-state index in [4.69, 9.17) is 5.10 Å². The Morgan fingerprint density at radius 2 is 1.69 bits per heavy atom. The number of hydrogen-bond donors (Lipinski definition) is 0. The zero-order chi connectivity index (χ0) is 21.7. The van der Waals surface area contributed by atoms with Gasteiger partial charge in [-0.25, -0.2) is 4.68 Å². The predicted molar refractivity (Wildman–Crippen MR) is 122 cm³/mol. The van der Waals surface area contributed by atoms with Gasteiger partial charge in [0.05, 0.1) is 23.1 Å². The topological polar surface area (TPSA) is 56.0 Å². The zero-order valence-electron chi connectivity index (χ0n) is 18.1. The van der Waals surface area contributed by atoms with E-state index in [9.17, 15) is 4.79 Å². The van der Waals surface area contributed by atoms with Gasteiger partial charge in [0, 0.05) is 30.4 Å². The summed E-state index contributed by atoms with van der Waals surface area (Å²) in [6.45, 7) is 0. The van der Waals surface area contributed by atoms with Gasteiger partial charge >= 0.3 is 0 Å². The molecule has 2 aliphatic rings. The lowest BCUT2D eigenvalue weighted by molar-refractivity contribution is 0.0385. The van der Waals surface area contributed by atoms with Gasteiger partial charge in [0.1, 0.15) is 0 Å². The second-order valence-corrected chi connectivity index (χ2v) is 8.70. The minimum Gasteiger partial charge on any atom is -0.325 e. The van der Waals surface area contributed by atoms with Crippen molar-refractivity contribution in [1.82, 2.24) is 24.5 Å². The average molecular weight is 424 g/mol. The number of amides is 1. The summed E-state index contributed by atoms with van der Waals surface area (Å²) >= 11 is 0. The van der Waals surface area contributed by atoms with Crippen LogP contribution < -0.4 is 0 Å². The molecule has 32 heavy (non-hydrogen) atoms. The fourth-order valence-corrected chi connectivity index (χ4v) is 5.40. The Kier molecular flexibility index (Phi) is 4.45. The van der Waals surface area contributed by atoms with E-state index in [2.05, 4.69) is 34.3 Å². The number of aromatic nitrogens is 4. The van der Waals surface area contributed by atoms with Crippen molar-refractivity contribution >= 4 is 5.91 Å². The largest absolute Gasteiger partial charge is 0.325 e. The molecule has 1 amide bonds. The molecule has 2 aromatic carbocycles. The molecule has 0 N–H and O–H groups in total. The van der Waals surface area contributed by atoms with Crippen LogP contribution in [-0.2, 0) is 13.5 Å². The Hall–Kier alpha value is -3.67. The molecule has 0 aliphatic carbocycles. The van der Waals surface area contributed by atoms with Crippen molar-refractivity contribution in [2.45, 2.75) is 37.8 Å². The Balaban J connectivity index is 1.37. The van der Waals surface area contributed by atoms with Crippen LogP contribution in [-0.4, -0.2) is 36.4 Å². The van der Waals surface area contributed by atoms with Crippen molar-refractivity contribution < 1.29 is 4.79 Å². The molecule has 4 aromatic rings. The van der Waals surface area contributed by atoms with Gasteiger partial charge in [-0.2, -0.15) is 10.2 Å². The highest BCUT2D eigenvalue weighted by atomic mass is 16.2. The number of rotatable bonds is 3. The number of carbonyl (C=O) groups is 1. The molecule has 0 saturated carbocycles. The molecule has 6 rings (SSSR count). The standard InChI is InChI=1S/C26H25N5O/c1-29-25(18-9-4-2-5-10-18)21-17-20-13-8-14-23(24(21)28-29)31(20)26(32)22-15-16-30(27-22)19-11-6-3-7-12-19/h2-7,9-12,15-16,20,23H,8,13-14,17H2,1H3. The van der Waals surface area contributed by atoms with Gasteiger partial charge in [0.15, 0.2) is 5.69 Å². The Morgan fingerprint density at radius 3 is 2.47 bits per heavy atom. The summed E-state index contributed by atoms with van der Waals surface area (Å²) in [5, 5.41) is 9.53. The van der Waals surface area contributed by atoms with Crippen molar-refractivity contribution in [3.8, 4) is 16.9 Å². The summed E-state index contributed by atoms with van der Waals surface area (Å²) in [7, 11) is 2.01. The van der Waals surface area contributed by atoms with Crippen molar-refractivity contribution in [2.24, 2.45) is 7.05 Å². The highest BCUT2D eigenvalue weighted by molar-refractivity contribution is 5.93. The maximum absolute atomic E-state index is 13.6. The summed E-state index contributed by atoms with van der Waals surface area (Å²) in [6.07, 6.45) is 5.79. The Labute approximate surface area is 187 Å². The molecular formula is C26H25N5O. The quantitative estimate of drug-likeness (QED) is 0.485. The molecule has 2 unspecified atom stereocenters. The van der Waals surface area contributed by atoms with E-state index >= 15 is 0 Å². The maximum atomic E-state index is 13.6. The summed E-state index contributed by atoms with van der Waals surface area (Å²) in [5.74, 6) is 0.00643. The summed E-state index contributed by atoms with van der Waals surface area (Å²) in [6, 6.07) is 22.4. The Bertz CT molecular complexity index is 1270. The van der Waals surface area contributed by atoms with E-state index in [1.807, 2.05) is 60.4 Å². The van der Waals surface area contributed by atoms with Crippen LogP contribution in [0.2, 0.25) is 0 Å². The Morgan fingerprint density at radius 1 is 0.938 bits per heavy atom. The van der Waals surface area contributed by atoms with Crippen molar-refractivity contribution in [3.63, 3.8) is 0 Å². The molecule has 1 saturated heterocycles. The lowest BCUT2D eigenvalue weighted by Crippen LogP contribution is -2.50. The first kappa shape index (κ1) is 19.0. The first-order valence-corrected chi connectivity index (χ1v) is 11.3. The molecule has 160 valence electrons.